The number of rotatable bonds is 5. The number of amides is 1. The first kappa shape index (κ1) is 20.4. The molecule has 0 spiro atoms. The average Bonchev–Trinajstić information content (AvgIpc) is 2.96. The highest BCUT2D eigenvalue weighted by atomic mass is 32.2. The highest BCUT2D eigenvalue weighted by Gasteiger charge is 2.18. The van der Waals surface area contributed by atoms with Crippen molar-refractivity contribution in [2.45, 2.75) is 25.3 Å². The SMILES string of the molecule is COCCn1c(=NC(=O)c2ccccc2S(C)(=O)=O)sc2c(C)cc(C)cc21. The summed E-state index contributed by atoms with van der Waals surface area (Å²) in [5.74, 6) is -0.576. The third-order valence-electron chi connectivity index (χ3n) is 4.35. The van der Waals surface area contributed by atoms with Gasteiger partial charge in [-0.2, -0.15) is 4.99 Å². The van der Waals surface area contributed by atoms with E-state index in [9.17, 15) is 13.2 Å². The van der Waals surface area contributed by atoms with Crippen LogP contribution in [0.3, 0.4) is 0 Å². The van der Waals surface area contributed by atoms with Crippen LogP contribution in [0.5, 0.6) is 0 Å². The highest BCUT2D eigenvalue weighted by Crippen LogP contribution is 2.24. The first-order chi connectivity index (χ1) is 13.2. The van der Waals surface area contributed by atoms with Crippen LogP contribution in [0.1, 0.15) is 21.5 Å². The number of nitrogens with zero attached hydrogens (tertiary/aromatic N) is 2. The molecule has 0 fully saturated rings. The molecule has 0 atom stereocenters. The Morgan fingerprint density at radius 1 is 1.21 bits per heavy atom. The molecule has 0 N–H and O–H groups in total. The van der Waals surface area contributed by atoms with Gasteiger partial charge >= 0.3 is 0 Å². The summed E-state index contributed by atoms with van der Waals surface area (Å²) in [5, 5.41) is 0. The number of thiazole rings is 1. The molecule has 0 saturated carbocycles. The van der Waals surface area contributed by atoms with Crippen LogP contribution in [0.15, 0.2) is 46.3 Å². The molecule has 148 valence electrons. The third-order valence-corrected chi connectivity index (χ3v) is 6.73. The van der Waals surface area contributed by atoms with Crippen molar-refractivity contribution in [2.75, 3.05) is 20.0 Å². The van der Waals surface area contributed by atoms with E-state index in [4.69, 9.17) is 4.74 Å². The monoisotopic (exact) mass is 418 g/mol. The summed E-state index contributed by atoms with van der Waals surface area (Å²) >= 11 is 1.42. The lowest BCUT2D eigenvalue weighted by atomic mass is 10.1. The van der Waals surface area contributed by atoms with Crippen LogP contribution in [-0.4, -0.2) is 38.9 Å². The molecule has 1 heterocycles. The lowest BCUT2D eigenvalue weighted by Crippen LogP contribution is -2.20. The van der Waals surface area contributed by atoms with E-state index in [1.165, 1.54) is 23.5 Å². The van der Waals surface area contributed by atoms with Gasteiger partial charge in [0, 0.05) is 19.9 Å². The number of aromatic nitrogens is 1. The molecule has 0 unspecified atom stereocenters. The van der Waals surface area contributed by atoms with Gasteiger partial charge in [0.05, 0.1) is 27.3 Å². The lowest BCUT2D eigenvalue weighted by Gasteiger charge is -2.06. The van der Waals surface area contributed by atoms with E-state index in [2.05, 4.69) is 17.1 Å². The maximum Gasteiger partial charge on any atom is 0.280 e. The predicted octanol–water partition coefficient (Wildman–Crippen LogP) is 3.11. The largest absolute Gasteiger partial charge is 0.383 e. The summed E-state index contributed by atoms with van der Waals surface area (Å²) in [6, 6.07) is 10.3. The van der Waals surface area contributed by atoms with E-state index in [-0.39, 0.29) is 10.5 Å². The Morgan fingerprint density at radius 3 is 2.61 bits per heavy atom. The van der Waals surface area contributed by atoms with E-state index < -0.39 is 15.7 Å². The predicted molar refractivity (Wildman–Crippen MR) is 111 cm³/mol. The van der Waals surface area contributed by atoms with Gasteiger partial charge in [-0.3, -0.25) is 4.79 Å². The van der Waals surface area contributed by atoms with Gasteiger partial charge in [-0.05, 0) is 43.2 Å². The summed E-state index contributed by atoms with van der Waals surface area (Å²) < 4.78 is 32.3. The number of benzene rings is 2. The van der Waals surface area contributed by atoms with Crippen LogP contribution in [0, 0.1) is 13.8 Å². The van der Waals surface area contributed by atoms with Crippen LogP contribution < -0.4 is 4.80 Å². The molecule has 0 bridgehead atoms. The highest BCUT2D eigenvalue weighted by molar-refractivity contribution is 7.90. The Morgan fingerprint density at radius 2 is 1.93 bits per heavy atom. The van der Waals surface area contributed by atoms with Crippen LogP contribution in [0.2, 0.25) is 0 Å². The Bertz CT molecular complexity index is 1220. The molecule has 0 saturated heterocycles. The quantitative estimate of drug-likeness (QED) is 0.638. The Labute approximate surface area is 168 Å². The molecule has 2 aromatic carbocycles. The average molecular weight is 419 g/mol. The molecular weight excluding hydrogens is 396 g/mol. The summed E-state index contributed by atoms with van der Waals surface area (Å²) in [6.45, 7) is 5.06. The molecule has 8 heteroatoms. The van der Waals surface area contributed by atoms with Crippen molar-refractivity contribution in [1.29, 1.82) is 0 Å². The molecule has 0 aliphatic heterocycles. The van der Waals surface area contributed by atoms with Crippen LogP contribution in [0.25, 0.3) is 10.2 Å². The molecule has 0 aliphatic carbocycles. The fourth-order valence-electron chi connectivity index (χ4n) is 3.11. The molecule has 0 aliphatic rings. The fraction of sp³-hybridized carbons (Fsp3) is 0.300. The Hall–Kier alpha value is -2.29. The first-order valence-corrected chi connectivity index (χ1v) is 11.4. The van der Waals surface area contributed by atoms with Crippen molar-refractivity contribution in [3.63, 3.8) is 0 Å². The van der Waals surface area contributed by atoms with Gasteiger partial charge in [-0.15, -0.1) is 0 Å². The zero-order valence-corrected chi connectivity index (χ0v) is 17.9. The number of fused-ring (bicyclic) bond motifs is 1. The molecule has 1 aromatic heterocycles. The second-order valence-electron chi connectivity index (χ2n) is 6.64. The Kier molecular flexibility index (Phi) is 5.83. The number of hydrogen-bond acceptors (Lipinski definition) is 5. The standard InChI is InChI=1S/C20H22N2O4S2/c1-13-11-14(2)18-16(12-13)22(9-10-26-3)20(27-18)21-19(23)15-7-5-6-8-17(15)28(4,24)25/h5-8,11-12H,9-10H2,1-4H3. The van der Waals surface area contributed by atoms with Crippen LogP contribution in [-0.2, 0) is 21.1 Å². The summed E-state index contributed by atoms with van der Waals surface area (Å²) in [6.07, 6.45) is 1.09. The van der Waals surface area contributed by atoms with Crippen LogP contribution in [0.4, 0.5) is 0 Å². The number of hydrogen-bond donors (Lipinski definition) is 0. The minimum absolute atomic E-state index is 0.0136. The lowest BCUT2D eigenvalue weighted by molar-refractivity contribution is 0.0994. The van der Waals surface area contributed by atoms with Gasteiger partial charge in [0.1, 0.15) is 0 Å². The number of aryl methyl sites for hydroxylation is 2. The van der Waals surface area contributed by atoms with Gasteiger partial charge in [0.25, 0.3) is 5.91 Å². The second-order valence-corrected chi connectivity index (χ2v) is 9.61. The van der Waals surface area contributed by atoms with Gasteiger partial charge in [-0.1, -0.05) is 29.5 Å². The summed E-state index contributed by atoms with van der Waals surface area (Å²) in [4.78, 5) is 17.7. The van der Waals surface area contributed by atoms with E-state index >= 15 is 0 Å². The minimum atomic E-state index is -3.54. The summed E-state index contributed by atoms with van der Waals surface area (Å²) in [7, 11) is -1.92. The van der Waals surface area contributed by atoms with Gasteiger partial charge < -0.3 is 9.30 Å². The number of carbonyl (C=O) groups excluding carboxylic acids is 1. The molecular formula is C20H22N2O4S2. The topological polar surface area (TPSA) is 77.7 Å². The Balaban J connectivity index is 2.22. The molecule has 28 heavy (non-hydrogen) atoms. The maximum absolute atomic E-state index is 12.9. The second kappa shape index (κ2) is 7.98. The number of ether oxygens (including phenoxy) is 1. The first-order valence-electron chi connectivity index (χ1n) is 8.70. The molecule has 1 amide bonds. The van der Waals surface area contributed by atoms with Gasteiger partial charge in [0.2, 0.25) is 0 Å². The van der Waals surface area contributed by atoms with Crippen LogP contribution >= 0.6 is 11.3 Å². The van der Waals surface area contributed by atoms with Crippen molar-refractivity contribution < 1.29 is 17.9 Å². The fourth-order valence-corrected chi connectivity index (χ4v) is 5.10. The van der Waals surface area contributed by atoms with E-state index in [1.807, 2.05) is 18.4 Å². The van der Waals surface area contributed by atoms with Crippen molar-refractivity contribution in [3.8, 4) is 0 Å². The molecule has 6 nitrogen and oxygen atoms in total. The molecule has 3 rings (SSSR count). The van der Waals surface area contributed by atoms with Crippen molar-refractivity contribution in [1.82, 2.24) is 4.57 Å². The van der Waals surface area contributed by atoms with E-state index in [1.54, 1.807) is 19.2 Å². The smallest absolute Gasteiger partial charge is 0.280 e. The van der Waals surface area contributed by atoms with Crippen molar-refractivity contribution in [3.05, 3.63) is 57.9 Å². The van der Waals surface area contributed by atoms with E-state index in [0.29, 0.717) is 18.0 Å². The van der Waals surface area contributed by atoms with Crippen molar-refractivity contribution >= 4 is 37.3 Å². The normalized spacial score (nSPS) is 12.6. The molecule has 0 radical (unpaired) electrons. The third kappa shape index (κ3) is 4.09. The maximum atomic E-state index is 12.9. The zero-order chi connectivity index (χ0) is 20.5. The number of methoxy groups -OCH3 is 1. The molecule has 3 aromatic rings. The number of carbonyl (C=O) groups is 1. The van der Waals surface area contributed by atoms with Gasteiger partial charge in [0.15, 0.2) is 14.6 Å². The van der Waals surface area contributed by atoms with Crippen molar-refractivity contribution in [2.24, 2.45) is 4.99 Å². The zero-order valence-electron chi connectivity index (χ0n) is 16.2. The van der Waals surface area contributed by atoms with E-state index in [0.717, 1.165) is 27.6 Å². The summed E-state index contributed by atoms with van der Waals surface area (Å²) in [5.41, 5.74) is 3.29. The van der Waals surface area contributed by atoms with Gasteiger partial charge in [-0.25, -0.2) is 8.42 Å². The number of sulfone groups is 1. The minimum Gasteiger partial charge on any atom is -0.383 e.